The zero-order valence-electron chi connectivity index (χ0n) is 15.5. The number of carbonyl (C=O) groups excluding carboxylic acids is 2. The Labute approximate surface area is 155 Å². The van der Waals surface area contributed by atoms with E-state index >= 15 is 0 Å². The fourth-order valence-electron chi connectivity index (χ4n) is 3.14. The largest absolute Gasteiger partial charge is 0.352 e. The van der Waals surface area contributed by atoms with Gasteiger partial charge in [0.15, 0.2) is 9.84 Å². The molecule has 0 saturated heterocycles. The standard InChI is InChI=1S/C19H28N2O4S/c1-3-26(24,25)13-14(2)21-19(23)17-10-8-15(9-11-17)12-20-18(22)16-6-4-5-7-16/h8-11,14,16H,3-7,12-13H2,1-2H3,(H,20,22)(H,21,23). The van der Waals surface area contributed by atoms with Crippen LogP contribution < -0.4 is 10.6 Å². The number of hydrogen-bond acceptors (Lipinski definition) is 4. The SMILES string of the molecule is CCS(=O)(=O)CC(C)NC(=O)c1ccc(CNC(=O)C2CCCC2)cc1. The van der Waals surface area contributed by atoms with Crippen LogP contribution in [0.25, 0.3) is 0 Å². The lowest BCUT2D eigenvalue weighted by Crippen LogP contribution is -2.38. The molecule has 0 aromatic heterocycles. The molecular weight excluding hydrogens is 352 g/mol. The molecule has 1 atom stereocenters. The molecule has 2 amide bonds. The summed E-state index contributed by atoms with van der Waals surface area (Å²) in [6.07, 6.45) is 4.19. The van der Waals surface area contributed by atoms with E-state index in [1.54, 1.807) is 38.1 Å². The average Bonchev–Trinajstić information content (AvgIpc) is 3.14. The predicted molar refractivity (Wildman–Crippen MR) is 102 cm³/mol. The van der Waals surface area contributed by atoms with Gasteiger partial charge in [0.25, 0.3) is 5.91 Å². The average molecular weight is 381 g/mol. The van der Waals surface area contributed by atoms with Crippen LogP contribution >= 0.6 is 0 Å². The van der Waals surface area contributed by atoms with Gasteiger partial charge in [-0.25, -0.2) is 8.42 Å². The van der Waals surface area contributed by atoms with Gasteiger partial charge in [-0.3, -0.25) is 9.59 Å². The van der Waals surface area contributed by atoms with Crippen LogP contribution in [0.1, 0.15) is 55.5 Å². The molecule has 0 heterocycles. The maximum Gasteiger partial charge on any atom is 0.251 e. The van der Waals surface area contributed by atoms with E-state index in [0.29, 0.717) is 12.1 Å². The maximum atomic E-state index is 12.2. The molecule has 1 aromatic carbocycles. The molecule has 0 radical (unpaired) electrons. The molecule has 1 aromatic rings. The predicted octanol–water partition coefficient (Wildman–Crippen LogP) is 2.05. The Morgan fingerprint density at radius 1 is 1.15 bits per heavy atom. The van der Waals surface area contributed by atoms with E-state index < -0.39 is 15.9 Å². The second kappa shape index (κ2) is 9.16. The molecule has 2 rings (SSSR count). The summed E-state index contributed by atoms with van der Waals surface area (Å²) in [5, 5.41) is 5.65. The van der Waals surface area contributed by atoms with Gasteiger partial charge >= 0.3 is 0 Å². The molecule has 1 aliphatic rings. The lowest BCUT2D eigenvalue weighted by Gasteiger charge is -2.14. The van der Waals surface area contributed by atoms with E-state index in [1.807, 2.05) is 0 Å². The monoisotopic (exact) mass is 380 g/mol. The van der Waals surface area contributed by atoms with E-state index in [-0.39, 0.29) is 29.2 Å². The van der Waals surface area contributed by atoms with Crippen LogP contribution in [-0.2, 0) is 21.2 Å². The Balaban J connectivity index is 1.84. The Morgan fingerprint density at radius 2 is 1.77 bits per heavy atom. The number of rotatable bonds is 8. The quantitative estimate of drug-likeness (QED) is 0.722. The van der Waals surface area contributed by atoms with E-state index in [9.17, 15) is 18.0 Å². The van der Waals surface area contributed by atoms with Crippen molar-refractivity contribution in [3.05, 3.63) is 35.4 Å². The minimum absolute atomic E-state index is 0.0640. The van der Waals surface area contributed by atoms with Crippen LogP contribution in [0.3, 0.4) is 0 Å². The normalized spacial score (nSPS) is 16.2. The molecule has 7 heteroatoms. The Morgan fingerprint density at radius 3 is 2.35 bits per heavy atom. The van der Waals surface area contributed by atoms with Gasteiger partial charge < -0.3 is 10.6 Å². The first kappa shape index (κ1) is 20.4. The highest BCUT2D eigenvalue weighted by Crippen LogP contribution is 2.24. The highest BCUT2D eigenvalue weighted by atomic mass is 32.2. The number of sulfone groups is 1. The summed E-state index contributed by atoms with van der Waals surface area (Å²) >= 11 is 0. The van der Waals surface area contributed by atoms with Crippen molar-refractivity contribution >= 4 is 21.7 Å². The molecule has 0 spiro atoms. The second-order valence-electron chi connectivity index (χ2n) is 6.97. The molecule has 144 valence electrons. The number of benzene rings is 1. The molecule has 26 heavy (non-hydrogen) atoms. The first-order valence-corrected chi connectivity index (χ1v) is 11.0. The summed E-state index contributed by atoms with van der Waals surface area (Å²) < 4.78 is 23.2. The van der Waals surface area contributed by atoms with Crippen molar-refractivity contribution in [2.45, 2.75) is 52.1 Å². The smallest absolute Gasteiger partial charge is 0.251 e. The van der Waals surface area contributed by atoms with Crippen LogP contribution in [0.2, 0.25) is 0 Å². The summed E-state index contributed by atoms with van der Waals surface area (Å²) in [4.78, 5) is 24.2. The van der Waals surface area contributed by atoms with Crippen molar-refractivity contribution in [1.82, 2.24) is 10.6 Å². The fourth-order valence-corrected chi connectivity index (χ4v) is 4.22. The van der Waals surface area contributed by atoms with Gasteiger partial charge in [-0.2, -0.15) is 0 Å². The fraction of sp³-hybridized carbons (Fsp3) is 0.579. The molecule has 1 fully saturated rings. The van der Waals surface area contributed by atoms with Crippen LogP contribution in [0, 0.1) is 5.92 Å². The zero-order valence-corrected chi connectivity index (χ0v) is 16.3. The number of hydrogen-bond donors (Lipinski definition) is 2. The van der Waals surface area contributed by atoms with Crippen molar-refractivity contribution < 1.29 is 18.0 Å². The number of nitrogens with one attached hydrogen (secondary N) is 2. The van der Waals surface area contributed by atoms with Gasteiger partial charge in [-0.1, -0.05) is 31.9 Å². The minimum Gasteiger partial charge on any atom is -0.352 e. The third-order valence-corrected chi connectivity index (χ3v) is 6.62. The molecule has 0 aliphatic heterocycles. The van der Waals surface area contributed by atoms with Crippen LogP contribution in [0.4, 0.5) is 0 Å². The summed E-state index contributed by atoms with van der Waals surface area (Å²) in [6.45, 7) is 3.72. The molecule has 1 saturated carbocycles. The number of carbonyl (C=O) groups is 2. The third-order valence-electron chi connectivity index (χ3n) is 4.73. The van der Waals surface area contributed by atoms with E-state index in [4.69, 9.17) is 0 Å². The Bertz CT molecular complexity index is 722. The summed E-state index contributed by atoms with van der Waals surface area (Å²) in [6, 6.07) is 6.54. The van der Waals surface area contributed by atoms with Gasteiger partial charge in [0.2, 0.25) is 5.91 Å². The van der Waals surface area contributed by atoms with Crippen molar-refractivity contribution in [2.24, 2.45) is 5.92 Å². The van der Waals surface area contributed by atoms with Gasteiger partial charge in [-0.15, -0.1) is 0 Å². The second-order valence-corrected chi connectivity index (χ2v) is 9.37. The van der Waals surface area contributed by atoms with Crippen LogP contribution in [0.5, 0.6) is 0 Å². The first-order chi connectivity index (χ1) is 12.3. The van der Waals surface area contributed by atoms with Crippen molar-refractivity contribution in [3.63, 3.8) is 0 Å². The van der Waals surface area contributed by atoms with E-state index in [2.05, 4.69) is 10.6 Å². The van der Waals surface area contributed by atoms with Gasteiger partial charge in [0.05, 0.1) is 5.75 Å². The highest BCUT2D eigenvalue weighted by molar-refractivity contribution is 7.91. The molecule has 0 bridgehead atoms. The van der Waals surface area contributed by atoms with Crippen molar-refractivity contribution in [2.75, 3.05) is 11.5 Å². The Kier molecular flexibility index (Phi) is 7.20. The van der Waals surface area contributed by atoms with Crippen molar-refractivity contribution in [1.29, 1.82) is 0 Å². The molecular formula is C19H28N2O4S. The minimum atomic E-state index is -3.13. The number of amides is 2. The van der Waals surface area contributed by atoms with E-state index in [0.717, 1.165) is 31.2 Å². The highest BCUT2D eigenvalue weighted by Gasteiger charge is 2.22. The van der Waals surface area contributed by atoms with Crippen LogP contribution in [-0.4, -0.2) is 37.8 Å². The molecule has 6 nitrogen and oxygen atoms in total. The van der Waals surface area contributed by atoms with Gasteiger partial charge in [0, 0.05) is 29.8 Å². The summed E-state index contributed by atoms with van der Waals surface area (Å²) in [5.74, 6) is -0.0591. The van der Waals surface area contributed by atoms with E-state index in [1.165, 1.54) is 0 Å². The summed E-state index contributed by atoms with van der Waals surface area (Å²) in [5.41, 5.74) is 1.39. The first-order valence-electron chi connectivity index (χ1n) is 9.18. The topological polar surface area (TPSA) is 92.3 Å². The van der Waals surface area contributed by atoms with Crippen LogP contribution in [0.15, 0.2) is 24.3 Å². The van der Waals surface area contributed by atoms with Gasteiger partial charge in [-0.05, 0) is 37.5 Å². The Hall–Kier alpha value is -1.89. The third kappa shape index (κ3) is 6.12. The summed E-state index contributed by atoms with van der Waals surface area (Å²) in [7, 11) is -3.13. The van der Waals surface area contributed by atoms with Gasteiger partial charge in [0.1, 0.15) is 0 Å². The zero-order chi connectivity index (χ0) is 19.2. The molecule has 2 N–H and O–H groups in total. The van der Waals surface area contributed by atoms with Crippen molar-refractivity contribution in [3.8, 4) is 0 Å². The maximum absolute atomic E-state index is 12.2. The lowest BCUT2D eigenvalue weighted by atomic mass is 10.1. The lowest BCUT2D eigenvalue weighted by molar-refractivity contribution is -0.124. The molecule has 1 aliphatic carbocycles. The molecule has 1 unspecified atom stereocenters.